The molecule has 0 aliphatic carbocycles. The third-order valence-corrected chi connectivity index (χ3v) is 5.41. The summed E-state index contributed by atoms with van der Waals surface area (Å²) in [6.45, 7) is 7.22. The zero-order valence-electron chi connectivity index (χ0n) is 18.7. The molecule has 8 nitrogen and oxygen atoms in total. The Hall–Kier alpha value is -2.00. The SMILES string of the molecule is CCCC(=O)NC1C(OC(=O)C(C)c2ccc(CC(C)C)cc2)[C@H](O)C(CO)O[C@H]1O. The highest BCUT2D eigenvalue weighted by Gasteiger charge is 2.47. The first kappa shape index (κ1) is 25.3. The summed E-state index contributed by atoms with van der Waals surface area (Å²) in [6.07, 6.45) is -3.62. The van der Waals surface area contributed by atoms with Crippen LogP contribution in [0.25, 0.3) is 0 Å². The smallest absolute Gasteiger partial charge is 0.313 e. The number of aliphatic hydroxyl groups is 3. The predicted molar refractivity (Wildman–Crippen MR) is 114 cm³/mol. The van der Waals surface area contributed by atoms with Gasteiger partial charge in [0.05, 0.1) is 12.5 Å². The number of amides is 1. The van der Waals surface area contributed by atoms with E-state index in [0.29, 0.717) is 12.3 Å². The first-order valence-electron chi connectivity index (χ1n) is 10.9. The van der Waals surface area contributed by atoms with Gasteiger partial charge in [-0.25, -0.2) is 0 Å². The quantitative estimate of drug-likeness (QED) is 0.429. The second-order valence-corrected chi connectivity index (χ2v) is 8.54. The lowest BCUT2D eigenvalue weighted by Crippen LogP contribution is -2.65. The Labute approximate surface area is 183 Å². The van der Waals surface area contributed by atoms with Crippen molar-refractivity contribution in [1.29, 1.82) is 0 Å². The molecule has 1 heterocycles. The second-order valence-electron chi connectivity index (χ2n) is 8.54. The van der Waals surface area contributed by atoms with Crippen LogP contribution in [0.1, 0.15) is 57.6 Å². The molecule has 0 bridgehead atoms. The first-order chi connectivity index (χ1) is 14.7. The van der Waals surface area contributed by atoms with Crippen molar-refractivity contribution in [3.8, 4) is 0 Å². The van der Waals surface area contributed by atoms with Crippen LogP contribution in [0.15, 0.2) is 24.3 Å². The minimum Gasteiger partial charge on any atom is -0.457 e. The highest BCUT2D eigenvalue weighted by Crippen LogP contribution is 2.26. The summed E-state index contributed by atoms with van der Waals surface area (Å²) >= 11 is 0. The zero-order chi connectivity index (χ0) is 23.1. The van der Waals surface area contributed by atoms with E-state index in [-0.39, 0.29) is 12.3 Å². The topological polar surface area (TPSA) is 125 Å². The van der Waals surface area contributed by atoms with Crippen LogP contribution in [0.4, 0.5) is 0 Å². The highest BCUT2D eigenvalue weighted by molar-refractivity contribution is 5.78. The number of esters is 1. The molecule has 0 spiro atoms. The van der Waals surface area contributed by atoms with Crippen LogP contribution in [-0.2, 0) is 25.5 Å². The fraction of sp³-hybridized carbons (Fsp3) is 0.652. The van der Waals surface area contributed by atoms with Gasteiger partial charge < -0.3 is 30.1 Å². The molecule has 4 unspecified atom stereocenters. The van der Waals surface area contributed by atoms with Crippen LogP contribution in [0.5, 0.6) is 0 Å². The average molecular weight is 438 g/mol. The number of carbonyl (C=O) groups excluding carboxylic acids is 2. The molecule has 1 saturated heterocycles. The summed E-state index contributed by atoms with van der Waals surface area (Å²) < 4.78 is 10.7. The largest absolute Gasteiger partial charge is 0.457 e. The van der Waals surface area contributed by atoms with Gasteiger partial charge in [-0.2, -0.15) is 0 Å². The van der Waals surface area contributed by atoms with Crippen molar-refractivity contribution in [2.75, 3.05) is 6.61 Å². The average Bonchev–Trinajstić information content (AvgIpc) is 2.72. The van der Waals surface area contributed by atoms with Gasteiger partial charge in [-0.3, -0.25) is 9.59 Å². The van der Waals surface area contributed by atoms with E-state index in [1.807, 2.05) is 31.2 Å². The van der Waals surface area contributed by atoms with Crippen molar-refractivity contribution in [2.45, 2.75) is 83.5 Å². The van der Waals surface area contributed by atoms with Crippen molar-refractivity contribution >= 4 is 11.9 Å². The third-order valence-electron chi connectivity index (χ3n) is 5.41. The molecule has 8 heteroatoms. The molecular weight excluding hydrogens is 402 g/mol. The van der Waals surface area contributed by atoms with Crippen LogP contribution in [0.3, 0.4) is 0 Å². The lowest BCUT2D eigenvalue weighted by molar-refractivity contribution is -0.259. The Balaban J connectivity index is 2.15. The number of ether oxygens (including phenoxy) is 2. The van der Waals surface area contributed by atoms with Gasteiger partial charge in [0.1, 0.15) is 18.2 Å². The Kier molecular flexibility index (Phi) is 9.43. The van der Waals surface area contributed by atoms with Crippen molar-refractivity contribution < 1.29 is 34.4 Å². The first-order valence-corrected chi connectivity index (χ1v) is 10.9. The summed E-state index contributed by atoms with van der Waals surface area (Å²) in [5.74, 6) is -1.07. The predicted octanol–water partition coefficient (Wildman–Crippen LogP) is 1.26. The van der Waals surface area contributed by atoms with E-state index in [9.17, 15) is 24.9 Å². The summed E-state index contributed by atoms with van der Waals surface area (Å²) in [4.78, 5) is 24.9. The van der Waals surface area contributed by atoms with E-state index in [1.54, 1.807) is 6.92 Å². The summed E-state index contributed by atoms with van der Waals surface area (Å²) in [5, 5.41) is 32.9. The molecule has 0 radical (unpaired) electrons. The molecule has 6 atom stereocenters. The molecule has 31 heavy (non-hydrogen) atoms. The molecule has 1 fully saturated rings. The van der Waals surface area contributed by atoms with Gasteiger partial charge in [-0.1, -0.05) is 45.0 Å². The van der Waals surface area contributed by atoms with Crippen LogP contribution in [-0.4, -0.2) is 64.4 Å². The van der Waals surface area contributed by atoms with Gasteiger partial charge in [0.2, 0.25) is 5.91 Å². The molecule has 1 aromatic rings. The number of aliphatic hydroxyl groups excluding tert-OH is 3. The summed E-state index contributed by atoms with van der Waals surface area (Å²) in [5.41, 5.74) is 1.93. The standard InChI is InChI=1S/C23H35NO7/c1-5-6-18(26)24-19-21(20(27)17(12-25)30-23(19)29)31-22(28)14(4)16-9-7-15(8-10-16)11-13(2)3/h7-10,13-14,17,19-21,23,25,27,29H,5-6,11-12H2,1-4H3,(H,24,26)/t14?,17?,19?,20-,21?,23-/m1/s1. The maximum Gasteiger partial charge on any atom is 0.313 e. The maximum absolute atomic E-state index is 12.8. The molecule has 0 aromatic heterocycles. The molecule has 1 aliphatic rings. The van der Waals surface area contributed by atoms with Gasteiger partial charge in [-0.15, -0.1) is 0 Å². The number of benzene rings is 1. The molecule has 174 valence electrons. The maximum atomic E-state index is 12.8. The Morgan fingerprint density at radius 1 is 1.16 bits per heavy atom. The van der Waals surface area contributed by atoms with E-state index in [4.69, 9.17) is 9.47 Å². The number of carbonyl (C=O) groups is 2. The van der Waals surface area contributed by atoms with Crippen LogP contribution in [0.2, 0.25) is 0 Å². The number of hydrogen-bond donors (Lipinski definition) is 4. The fourth-order valence-electron chi connectivity index (χ4n) is 3.65. The van der Waals surface area contributed by atoms with Gasteiger partial charge in [0.15, 0.2) is 12.4 Å². The second kappa shape index (κ2) is 11.6. The van der Waals surface area contributed by atoms with Crippen molar-refractivity contribution in [1.82, 2.24) is 5.32 Å². The number of rotatable bonds is 9. The van der Waals surface area contributed by atoms with Crippen molar-refractivity contribution in [3.63, 3.8) is 0 Å². The molecule has 1 amide bonds. The summed E-state index contributed by atoms with van der Waals surface area (Å²) in [6, 6.07) is 6.54. The van der Waals surface area contributed by atoms with Gasteiger partial charge in [0.25, 0.3) is 0 Å². The molecule has 0 saturated carbocycles. The molecular formula is C23H35NO7. The Bertz CT molecular complexity index is 721. The van der Waals surface area contributed by atoms with Crippen molar-refractivity contribution in [2.24, 2.45) is 5.92 Å². The van der Waals surface area contributed by atoms with E-state index >= 15 is 0 Å². The molecule has 1 aliphatic heterocycles. The van der Waals surface area contributed by atoms with Crippen LogP contribution < -0.4 is 5.32 Å². The number of hydrogen-bond acceptors (Lipinski definition) is 7. The zero-order valence-corrected chi connectivity index (χ0v) is 18.7. The monoisotopic (exact) mass is 437 g/mol. The number of nitrogens with one attached hydrogen (secondary N) is 1. The highest BCUT2D eigenvalue weighted by atomic mass is 16.6. The van der Waals surface area contributed by atoms with Crippen LogP contribution >= 0.6 is 0 Å². The summed E-state index contributed by atoms with van der Waals surface area (Å²) in [7, 11) is 0. The van der Waals surface area contributed by atoms with E-state index in [1.165, 1.54) is 5.56 Å². The fourth-order valence-corrected chi connectivity index (χ4v) is 3.65. The van der Waals surface area contributed by atoms with E-state index < -0.39 is 49.1 Å². The Morgan fingerprint density at radius 3 is 2.35 bits per heavy atom. The van der Waals surface area contributed by atoms with Gasteiger partial charge in [-0.05, 0) is 36.8 Å². The van der Waals surface area contributed by atoms with Gasteiger partial charge >= 0.3 is 5.97 Å². The van der Waals surface area contributed by atoms with Crippen molar-refractivity contribution in [3.05, 3.63) is 35.4 Å². The normalized spacial score (nSPS) is 27.0. The molecule has 2 rings (SSSR count). The lowest BCUT2D eigenvalue weighted by atomic mass is 9.95. The van der Waals surface area contributed by atoms with Crippen LogP contribution in [0, 0.1) is 5.92 Å². The Morgan fingerprint density at radius 2 is 1.81 bits per heavy atom. The minimum atomic E-state index is -1.54. The minimum absolute atomic E-state index is 0.211. The molecule has 1 aromatic carbocycles. The lowest BCUT2D eigenvalue weighted by Gasteiger charge is -2.42. The third kappa shape index (κ3) is 6.74. The van der Waals surface area contributed by atoms with Gasteiger partial charge in [0, 0.05) is 6.42 Å². The van der Waals surface area contributed by atoms with E-state index in [0.717, 1.165) is 12.0 Å². The molecule has 4 N–H and O–H groups in total. The van der Waals surface area contributed by atoms with E-state index in [2.05, 4.69) is 19.2 Å².